The van der Waals surface area contributed by atoms with E-state index in [4.69, 9.17) is 4.74 Å². The van der Waals surface area contributed by atoms with Crippen LogP contribution in [0.1, 0.15) is 35.7 Å². The first-order valence-electron chi connectivity index (χ1n) is 11.3. The molecule has 0 spiro atoms. The van der Waals surface area contributed by atoms with Gasteiger partial charge in [0.15, 0.2) is 0 Å². The maximum Gasteiger partial charge on any atom is 0.308 e. The van der Waals surface area contributed by atoms with E-state index in [-0.39, 0.29) is 37.3 Å². The minimum absolute atomic E-state index is 0.0389. The average molecular weight is 467 g/mol. The molecule has 0 bridgehead atoms. The molecule has 3 amide bonds. The van der Waals surface area contributed by atoms with Crippen LogP contribution >= 0.6 is 0 Å². The number of anilines is 2. The number of nitrogens with zero attached hydrogens (tertiary/aromatic N) is 1. The fourth-order valence-corrected chi connectivity index (χ4v) is 3.59. The Morgan fingerprint density at radius 2 is 1.85 bits per heavy atom. The molecular formula is C25H30N4O5. The molecule has 9 heteroatoms. The maximum atomic E-state index is 12.8. The Labute approximate surface area is 198 Å². The van der Waals surface area contributed by atoms with Gasteiger partial charge in [0.2, 0.25) is 11.8 Å². The summed E-state index contributed by atoms with van der Waals surface area (Å²) in [5, 5.41) is 8.57. The van der Waals surface area contributed by atoms with Crippen LogP contribution in [0.3, 0.4) is 0 Å². The highest BCUT2D eigenvalue weighted by Crippen LogP contribution is 2.16. The van der Waals surface area contributed by atoms with E-state index >= 15 is 0 Å². The first-order chi connectivity index (χ1) is 16.4. The summed E-state index contributed by atoms with van der Waals surface area (Å²) in [6, 6.07) is 13.4. The summed E-state index contributed by atoms with van der Waals surface area (Å²) in [5.41, 5.74) is 2.89. The number of nitrogens with one attached hydrogen (secondary N) is 3. The number of hydrogen-bond acceptors (Lipinski definition) is 6. The monoisotopic (exact) mass is 466 g/mol. The number of ether oxygens (including phenoxy) is 1. The Hall–Kier alpha value is -3.88. The number of piperazine rings is 1. The second-order valence-corrected chi connectivity index (χ2v) is 8.07. The Morgan fingerprint density at radius 3 is 2.56 bits per heavy atom. The second-order valence-electron chi connectivity index (χ2n) is 8.07. The van der Waals surface area contributed by atoms with Gasteiger partial charge in [-0.05, 0) is 49.7 Å². The number of carbonyl (C=O) groups excluding carboxylic acids is 4. The summed E-state index contributed by atoms with van der Waals surface area (Å²) in [6.07, 6.45) is 0.510. The minimum atomic E-state index is -0.883. The van der Waals surface area contributed by atoms with Gasteiger partial charge < -0.3 is 25.6 Å². The van der Waals surface area contributed by atoms with Gasteiger partial charge in [-0.3, -0.25) is 19.2 Å². The van der Waals surface area contributed by atoms with Gasteiger partial charge in [0, 0.05) is 30.0 Å². The van der Waals surface area contributed by atoms with E-state index in [0.717, 1.165) is 5.56 Å². The number of amides is 3. The molecule has 1 heterocycles. The molecule has 2 aromatic carbocycles. The molecular weight excluding hydrogens is 436 g/mol. The van der Waals surface area contributed by atoms with Crippen LogP contribution in [0.2, 0.25) is 0 Å². The van der Waals surface area contributed by atoms with Crippen LogP contribution < -0.4 is 16.0 Å². The molecule has 3 N–H and O–H groups in total. The van der Waals surface area contributed by atoms with Crippen molar-refractivity contribution in [3.8, 4) is 0 Å². The van der Waals surface area contributed by atoms with Gasteiger partial charge in [-0.2, -0.15) is 0 Å². The second kappa shape index (κ2) is 11.8. The predicted octanol–water partition coefficient (Wildman–Crippen LogP) is 2.33. The maximum absolute atomic E-state index is 12.8. The first-order valence-corrected chi connectivity index (χ1v) is 11.3. The van der Waals surface area contributed by atoms with E-state index in [2.05, 4.69) is 16.0 Å². The Kier molecular flexibility index (Phi) is 8.61. The molecule has 2 aromatic rings. The van der Waals surface area contributed by atoms with E-state index < -0.39 is 12.0 Å². The fourth-order valence-electron chi connectivity index (χ4n) is 3.59. The highest BCUT2D eigenvalue weighted by atomic mass is 16.5. The minimum Gasteiger partial charge on any atom is -0.466 e. The predicted molar refractivity (Wildman–Crippen MR) is 128 cm³/mol. The zero-order valence-corrected chi connectivity index (χ0v) is 19.4. The van der Waals surface area contributed by atoms with Gasteiger partial charge in [0.1, 0.15) is 6.04 Å². The normalized spacial score (nSPS) is 15.3. The number of carbonyl (C=O) groups is 4. The molecule has 9 nitrogen and oxygen atoms in total. The summed E-state index contributed by atoms with van der Waals surface area (Å²) in [5.74, 6) is -1.36. The SMILES string of the molecule is CCCOC(=O)CC1C(=O)NCCN1C(=O)CNc1ccc(NC(=O)c2cccc(C)c2)cc1. The van der Waals surface area contributed by atoms with Gasteiger partial charge >= 0.3 is 5.97 Å². The summed E-state index contributed by atoms with van der Waals surface area (Å²) >= 11 is 0. The third-order valence-electron chi connectivity index (χ3n) is 5.35. The lowest BCUT2D eigenvalue weighted by molar-refractivity contribution is -0.151. The highest BCUT2D eigenvalue weighted by Gasteiger charge is 2.34. The average Bonchev–Trinajstić information content (AvgIpc) is 2.83. The zero-order valence-electron chi connectivity index (χ0n) is 19.4. The van der Waals surface area contributed by atoms with Gasteiger partial charge in [-0.1, -0.05) is 24.6 Å². The van der Waals surface area contributed by atoms with E-state index in [0.29, 0.717) is 36.4 Å². The lowest BCUT2D eigenvalue weighted by Crippen LogP contribution is -2.58. The van der Waals surface area contributed by atoms with Crippen LogP contribution in [0.5, 0.6) is 0 Å². The zero-order chi connectivity index (χ0) is 24.5. The molecule has 1 unspecified atom stereocenters. The number of hydrogen-bond donors (Lipinski definition) is 3. The van der Waals surface area contributed by atoms with Crippen molar-refractivity contribution in [3.63, 3.8) is 0 Å². The number of benzene rings is 2. The summed E-state index contributed by atoms with van der Waals surface area (Å²) in [7, 11) is 0. The molecule has 180 valence electrons. The van der Waals surface area contributed by atoms with Crippen molar-refractivity contribution in [2.75, 3.05) is 36.9 Å². The van der Waals surface area contributed by atoms with Crippen LogP contribution in [-0.4, -0.2) is 60.9 Å². The van der Waals surface area contributed by atoms with Gasteiger partial charge in [-0.15, -0.1) is 0 Å². The van der Waals surface area contributed by atoms with Crippen molar-refractivity contribution in [1.29, 1.82) is 0 Å². The van der Waals surface area contributed by atoms with E-state index in [9.17, 15) is 19.2 Å². The van der Waals surface area contributed by atoms with Crippen LogP contribution in [0.15, 0.2) is 48.5 Å². The van der Waals surface area contributed by atoms with Crippen molar-refractivity contribution >= 4 is 35.1 Å². The third kappa shape index (κ3) is 6.81. The Balaban J connectivity index is 1.54. The molecule has 0 aliphatic carbocycles. The van der Waals surface area contributed by atoms with E-state index in [1.807, 2.05) is 32.0 Å². The quantitative estimate of drug-likeness (QED) is 0.489. The molecule has 1 atom stereocenters. The van der Waals surface area contributed by atoms with Gasteiger partial charge in [-0.25, -0.2) is 0 Å². The lowest BCUT2D eigenvalue weighted by Gasteiger charge is -2.34. The number of rotatable bonds is 9. The van der Waals surface area contributed by atoms with Crippen molar-refractivity contribution in [3.05, 3.63) is 59.7 Å². The molecule has 1 aliphatic heterocycles. The molecule has 1 fully saturated rings. The van der Waals surface area contributed by atoms with E-state index in [1.165, 1.54) is 4.90 Å². The molecule has 0 radical (unpaired) electrons. The lowest BCUT2D eigenvalue weighted by atomic mass is 10.1. The Morgan fingerprint density at radius 1 is 1.12 bits per heavy atom. The largest absolute Gasteiger partial charge is 0.466 e. The van der Waals surface area contributed by atoms with Crippen molar-refractivity contribution in [2.45, 2.75) is 32.7 Å². The molecule has 1 saturated heterocycles. The standard InChI is InChI=1S/C25H30N4O5/c1-3-13-34-23(31)15-21-25(33)26-11-12-29(21)22(30)16-27-19-7-9-20(10-8-19)28-24(32)18-6-4-5-17(2)14-18/h4-10,14,21,27H,3,11-13,15-16H2,1-2H3,(H,26,33)(H,28,32). The van der Waals surface area contributed by atoms with Gasteiger partial charge in [0.25, 0.3) is 5.91 Å². The van der Waals surface area contributed by atoms with Crippen molar-refractivity contribution < 1.29 is 23.9 Å². The van der Waals surface area contributed by atoms with Crippen LogP contribution in [0.4, 0.5) is 11.4 Å². The third-order valence-corrected chi connectivity index (χ3v) is 5.35. The topological polar surface area (TPSA) is 117 Å². The van der Waals surface area contributed by atoms with Crippen LogP contribution in [0, 0.1) is 6.92 Å². The van der Waals surface area contributed by atoms with Crippen molar-refractivity contribution in [1.82, 2.24) is 10.2 Å². The van der Waals surface area contributed by atoms with Crippen molar-refractivity contribution in [2.24, 2.45) is 0 Å². The number of aryl methyl sites for hydroxylation is 1. The molecule has 0 saturated carbocycles. The first kappa shape index (κ1) is 24.8. The summed E-state index contributed by atoms with van der Waals surface area (Å²) < 4.78 is 5.07. The Bertz CT molecular complexity index is 1040. The van der Waals surface area contributed by atoms with Crippen LogP contribution in [0.25, 0.3) is 0 Å². The molecule has 1 aliphatic rings. The molecule has 34 heavy (non-hydrogen) atoms. The smallest absolute Gasteiger partial charge is 0.308 e. The fraction of sp³-hybridized carbons (Fsp3) is 0.360. The molecule has 0 aromatic heterocycles. The number of esters is 1. The summed E-state index contributed by atoms with van der Waals surface area (Å²) in [6.45, 7) is 4.71. The highest BCUT2D eigenvalue weighted by molar-refractivity contribution is 6.04. The van der Waals surface area contributed by atoms with E-state index in [1.54, 1.807) is 30.3 Å². The van der Waals surface area contributed by atoms with Crippen LogP contribution in [-0.2, 0) is 19.1 Å². The molecule has 3 rings (SSSR count). The van der Waals surface area contributed by atoms with Gasteiger partial charge in [0.05, 0.1) is 19.6 Å². The summed E-state index contributed by atoms with van der Waals surface area (Å²) in [4.78, 5) is 50.9.